The van der Waals surface area contributed by atoms with Gasteiger partial charge in [0.15, 0.2) is 4.32 Å². The summed E-state index contributed by atoms with van der Waals surface area (Å²) >= 11 is 9.69. The molecule has 2 aromatic rings. The lowest BCUT2D eigenvalue weighted by Gasteiger charge is -2.13. The van der Waals surface area contributed by atoms with Crippen molar-refractivity contribution < 1.29 is 9.59 Å². The van der Waals surface area contributed by atoms with Crippen molar-refractivity contribution in [1.82, 2.24) is 4.90 Å². The minimum absolute atomic E-state index is 0.248. The predicted molar refractivity (Wildman–Crippen MR) is 99.9 cm³/mol. The summed E-state index contributed by atoms with van der Waals surface area (Å²) in [5.74, 6) is -0.805. The van der Waals surface area contributed by atoms with Crippen LogP contribution < -0.4 is 0 Å². The molecule has 2 aromatic carbocycles. The van der Waals surface area contributed by atoms with E-state index in [0.29, 0.717) is 14.9 Å². The Balaban J connectivity index is 1.92. The number of thiocarbonyl (C=S) groups is 1. The first-order valence-corrected chi connectivity index (χ1v) is 8.71. The number of imide groups is 1. The molecule has 0 aromatic heterocycles. The third-order valence-corrected chi connectivity index (χ3v) is 5.19. The maximum absolute atomic E-state index is 12.6. The summed E-state index contributed by atoms with van der Waals surface area (Å²) in [6.07, 6.45) is 1.74. The Hall–Kier alpha value is -1.76. The van der Waals surface area contributed by atoms with Gasteiger partial charge in [0.25, 0.3) is 11.8 Å². The topological polar surface area (TPSA) is 37.4 Å². The van der Waals surface area contributed by atoms with Crippen LogP contribution in [-0.4, -0.2) is 21.0 Å². The molecule has 2 amide bonds. The maximum Gasteiger partial charge on any atom is 0.273 e. The highest BCUT2D eigenvalue weighted by atomic mass is 79.9. The molecule has 0 unspecified atom stereocenters. The fourth-order valence-corrected chi connectivity index (χ4v) is 3.81. The van der Waals surface area contributed by atoms with E-state index in [1.165, 1.54) is 0 Å². The van der Waals surface area contributed by atoms with Gasteiger partial charge in [-0.15, -0.1) is 0 Å². The van der Waals surface area contributed by atoms with E-state index < -0.39 is 5.91 Å². The number of amides is 2. The van der Waals surface area contributed by atoms with Crippen LogP contribution >= 0.6 is 39.9 Å². The van der Waals surface area contributed by atoms with E-state index in [-0.39, 0.29) is 10.2 Å². The molecule has 1 saturated heterocycles. The maximum atomic E-state index is 12.6. The Kier molecular flexibility index (Phi) is 4.75. The summed E-state index contributed by atoms with van der Waals surface area (Å²) in [6, 6.07) is 16.4. The summed E-state index contributed by atoms with van der Waals surface area (Å²) in [5, 5.41) is 0. The van der Waals surface area contributed by atoms with Gasteiger partial charge in [-0.2, -0.15) is 0 Å². The number of carbonyl (C=O) groups excluding carboxylic acids is 2. The first kappa shape index (κ1) is 16.1. The van der Waals surface area contributed by atoms with Crippen molar-refractivity contribution in [3.8, 4) is 0 Å². The molecule has 114 valence electrons. The normalized spacial score (nSPS) is 16.2. The van der Waals surface area contributed by atoms with Gasteiger partial charge in [-0.25, -0.2) is 4.90 Å². The average Bonchev–Trinajstić information content (AvgIpc) is 2.82. The van der Waals surface area contributed by atoms with Crippen LogP contribution in [0, 0.1) is 0 Å². The molecule has 0 aliphatic carbocycles. The summed E-state index contributed by atoms with van der Waals surface area (Å²) in [6.45, 7) is 0. The lowest BCUT2D eigenvalue weighted by atomic mass is 10.2. The summed E-state index contributed by atoms with van der Waals surface area (Å²) < 4.78 is 0.879. The van der Waals surface area contributed by atoms with Crippen LogP contribution in [-0.2, 0) is 4.79 Å². The zero-order chi connectivity index (χ0) is 16.4. The predicted octanol–water partition coefficient (Wildman–Crippen LogP) is 4.49. The van der Waals surface area contributed by atoms with Crippen LogP contribution in [0.2, 0.25) is 0 Å². The van der Waals surface area contributed by atoms with Crippen molar-refractivity contribution in [2.24, 2.45) is 0 Å². The molecule has 23 heavy (non-hydrogen) atoms. The van der Waals surface area contributed by atoms with E-state index in [9.17, 15) is 9.59 Å². The molecule has 3 nitrogen and oxygen atoms in total. The second-order valence-electron chi connectivity index (χ2n) is 4.71. The van der Waals surface area contributed by atoms with Crippen LogP contribution in [0.3, 0.4) is 0 Å². The fraction of sp³-hybridized carbons (Fsp3) is 0. The average molecular weight is 404 g/mol. The molecule has 0 saturated carbocycles. The molecule has 1 aliphatic heterocycles. The Morgan fingerprint density at radius 3 is 2.43 bits per heavy atom. The van der Waals surface area contributed by atoms with Crippen molar-refractivity contribution in [1.29, 1.82) is 0 Å². The smallest absolute Gasteiger partial charge is 0.268 e. The van der Waals surface area contributed by atoms with Gasteiger partial charge >= 0.3 is 0 Å². The summed E-state index contributed by atoms with van der Waals surface area (Å²) in [5.41, 5.74) is 1.30. The van der Waals surface area contributed by atoms with Gasteiger partial charge in [0.2, 0.25) is 0 Å². The van der Waals surface area contributed by atoms with E-state index in [2.05, 4.69) is 15.9 Å². The number of hydrogen-bond donors (Lipinski definition) is 0. The van der Waals surface area contributed by atoms with Gasteiger partial charge in [-0.1, -0.05) is 66.4 Å². The van der Waals surface area contributed by atoms with Crippen LogP contribution in [0.4, 0.5) is 0 Å². The molecule has 0 atom stereocenters. The number of benzene rings is 2. The van der Waals surface area contributed by atoms with Gasteiger partial charge in [0.05, 0.1) is 10.5 Å². The molecule has 0 radical (unpaired) electrons. The zero-order valence-corrected chi connectivity index (χ0v) is 15.0. The minimum Gasteiger partial charge on any atom is -0.268 e. The molecule has 1 aliphatic rings. The van der Waals surface area contributed by atoms with Crippen molar-refractivity contribution >= 4 is 62.1 Å². The van der Waals surface area contributed by atoms with Crippen molar-refractivity contribution in [2.45, 2.75) is 0 Å². The number of thioether (sulfide) groups is 1. The summed E-state index contributed by atoms with van der Waals surface area (Å²) in [7, 11) is 0. The van der Waals surface area contributed by atoms with E-state index in [0.717, 1.165) is 22.2 Å². The van der Waals surface area contributed by atoms with Crippen molar-refractivity contribution in [2.75, 3.05) is 0 Å². The number of rotatable bonds is 2. The van der Waals surface area contributed by atoms with Crippen molar-refractivity contribution in [3.05, 3.63) is 75.1 Å². The van der Waals surface area contributed by atoms with Gasteiger partial charge in [-0.05, 0) is 39.7 Å². The lowest BCUT2D eigenvalue weighted by Crippen LogP contribution is -2.34. The van der Waals surface area contributed by atoms with Gasteiger partial charge < -0.3 is 0 Å². The first-order valence-electron chi connectivity index (χ1n) is 6.70. The third kappa shape index (κ3) is 3.29. The monoisotopic (exact) mass is 403 g/mol. The highest BCUT2D eigenvalue weighted by Gasteiger charge is 2.37. The highest BCUT2D eigenvalue weighted by molar-refractivity contribution is 9.10. The minimum atomic E-state index is -0.420. The molecule has 0 bridgehead atoms. The van der Waals surface area contributed by atoms with Gasteiger partial charge in [0, 0.05) is 4.47 Å². The van der Waals surface area contributed by atoms with Crippen LogP contribution in [0.1, 0.15) is 15.9 Å². The van der Waals surface area contributed by atoms with E-state index >= 15 is 0 Å². The highest BCUT2D eigenvalue weighted by Crippen LogP contribution is 2.34. The molecule has 0 N–H and O–H groups in total. The van der Waals surface area contributed by atoms with E-state index in [1.54, 1.807) is 30.3 Å². The number of hydrogen-bond acceptors (Lipinski definition) is 4. The van der Waals surface area contributed by atoms with Gasteiger partial charge in [-0.3, -0.25) is 9.59 Å². The molecule has 1 heterocycles. The molecular weight excluding hydrogens is 394 g/mol. The largest absolute Gasteiger partial charge is 0.273 e. The van der Waals surface area contributed by atoms with E-state index in [1.807, 2.05) is 30.3 Å². The fourth-order valence-electron chi connectivity index (χ4n) is 2.10. The second kappa shape index (κ2) is 6.78. The lowest BCUT2D eigenvalue weighted by molar-refractivity contribution is -0.120. The van der Waals surface area contributed by atoms with Crippen LogP contribution in [0.5, 0.6) is 0 Å². The van der Waals surface area contributed by atoms with Crippen LogP contribution in [0.15, 0.2) is 64.0 Å². The van der Waals surface area contributed by atoms with Crippen molar-refractivity contribution in [3.63, 3.8) is 0 Å². The van der Waals surface area contributed by atoms with Crippen LogP contribution in [0.25, 0.3) is 6.08 Å². The van der Waals surface area contributed by atoms with Gasteiger partial charge in [0.1, 0.15) is 0 Å². The van der Waals surface area contributed by atoms with E-state index in [4.69, 9.17) is 12.2 Å². The summed E-state index contributed by atoms with van der Waals surface area (Å²) in [4.78, 5) is 26.7. The number of nitrogens with zero attached hydrogens (tertiary/aromatic N) is 1. The SMILES string of the molecule is O=C1C(=Cc2ccccc2)SC(=S)N1C(=O)c1ccccc1Br. The molecule has 3 rings (SSSR count). The standard InChI is InChI=1S/C17H10BrNO2S2/c18-13-9-5-4-8-12(13)15(20)19-16(21)14(23-17(19)22)10-11-6-2-1-3-7-11/h1-10H. The Morgan fingerprint density at radius 2 is 1.74 bits per heavy atom. The Bertz CT molecular complexity index is 833. The second-order valence-corrected chi connectivity index (χ2v) is 7.24. The third-order valence-electron chi connectivity index (χ3n) is 3.20. The number of halogens is 1. The molecule has 6 heteroatoms. The number of carbonyl (C=O) groups is 2. The quantitative estimate of drug-likeness (QED) is 0.420. The molecule has 1 fully saturated rings. The first-order chi connectivity index (χ1) is 11.1. The Labute approximate surface area is 151 Å². The Morgan fingerprint density at radius 1 is 1.09 bits per heavy atom. The molecular formula is C17H10BrNO2S2. The molecule has 0 spiro atoms. The zero-order valence-electron chi connectivity index (χ0n) is 11.7.